The monoisotopic (exact) mass is 185 g/mol. The Morgan fingerprint density at radius 3 is 2.23 bits per heavy atom. The smallest absolute Gasteiger partial charge is 0.410 e. The summed E-state index contributed by atoms with van der Waals surface area (Å²) in [6.07, 6.45) is -0.182. The van der Waals surface area contributed by atoms with Crippen molar-refractivity contribution in [1.29, 1.82) is 0 Å². The zero-order chi connectivity index (χ0) is 10.2. The molecule has 1 fully saturated rings. The molecule has 0 aromatic heterocycles. The van der Waals surface area contributed by atoms with Crippen LogP contribution in [0, 0.1) is 5.92 Å². The zero-order valence-electron chi connectivity index (χ0n) is 9.13. The van der Waals surface area contributed by atoms with Gasteiger partial charge in [-0.3, -0.25) is 0 Å². The van der Waals surface area contributed by atoms with Crippen molar-refractivity contribution in [3.05, 3.63) is 0 Å². The Morgan fingerprint density at radius 2 is 1.92 bits per heavy atom. The third-order valence-corrected chi connectivity index (χ3v) is 2.43. The van der Waals surface area contributed by atoms with E-state index in [4.69, 9.17) is 4.74 Å². The number of hydrogen-bond acceptors (Lipinski definition) is 2. The molecular formula is C10H19NO2. The summed E-state index contributed by atoms with van der Waals surface area (Å²) in [6.45, 7) is 10.7. The second-order valence-corrected chi connectivity index (χ2v) is 4.85. The van der Waals surface area contributed by atoms with Crippen molar-refractivity contribution >= 4 is 6.09 Å². The minimum atomic E-state index is -0.379. The molecule has 0 saturated carbocycles. The fourth-order valence-electron chi connectivity index (χ4n) is 1.36. The molecule has 0 bridgehead atoms. The van der Waals surface area contributed by atoms with Crippen molar-refractivity contribution in [1.82, 2.24) is 4.90 Å². The Labute approximate surface area is 80.1 Å². The maximum Gasteiger partial charge on any atom is 0.410 e. The van der Waals surface area contributed by atoms with Crippen LogP contribution in [-0.4, -0.2) is 29.2 Å². The molecule has 1 heterocycles. The highest BCUT2D eigenvalue weighted by Gasteiger charge is 2.37. The molecule has 76 valence electrons. The molecule has 1 aliphatic heterocycles. The largest absolute Gasteiger partial charge is 0.444 e. The van der Waals surface area contributed by atoms with Gasteiger partial charge in [-0.2, -0.15) is 0 Å². The number of ether oxygens (including phenoxy) is 1. The lowest BCUT2D eigenvalue weighted by Gasteiger charge is -2.44. The molecule has 3 nitrogen and oxygen atoms in total. The fraction of sp³-hybridized carbons (Fsp3) is 0.900. The Morgan fingerprint density at radius 1 is 1.38 bits per heavy atom. The van der Waals surface area contributed by atoms with Crippen LogP contribution < -0.4 is 0 Å². The number of nitrogens with zero attached hydrogens (tertiary/aromatic N) is 1. The summed E-state index contributed by atoms with van der Waals surface area (Å²) in [4.78, 5) is 13.3. The SMILES string of the molecule is CC1CN(C(=O)OC(C)(C)C)C1C. The number of rotatable bonds is 0. The molecule has 1 saturated heterocycles. The van der Waals surface area contributed by atoms with E-state index >= 15 is 0 Å². The molecule has 0 spiro atoms. The van der Waals surface area contributed by atoms with Gasteiger partial charge in [-0.15, -0.1) is 0 Å². The highest BCUT2D eigenvalue weighted by molar-refractivity contribution is 5.69. The van der Waals surface area contributed by atoms with Gasteiger partial charge in [0.05, 0.1) is 0 Å². The first-order chi connectivity index (χ1) is 5.81. The van der Waals surface area contributed by atoms with Crippen LogP contribution in [0.5, 0.6) is 0 Å². The lowest BCUT2D eigenvalue weighted by atomic mass is 9.93. The van der Waals surface area contributed by atoms with E-state index in [9.17, 15) is 4.79 Å². The molecule has 1 amide bonds. The quantitative estimate of drug-likeness (QED) is 0.579. The predicted octanol–water partition coefficient (Wildman–Crippen LogP) is 2.26. The highest BCUT2D eigenvalue weighted by Crippen LogP contribution is 2.25. The van der Waals surface area contributed by atoms with Crippen molar-refractivity contribution in [2.24, 2.45) is 5.92 Å². The van der Waals surface area contributed by atoms with Gasteiger partial charge in [-0.25, -0.2) is 4.79 Å². The third kappa shape index (κ3) is 2.36. The summed E-state index contributed by atoms with van der Waals surface area (Å²) in [5.41, 5.74) is -0.379. The van der Waals surface area contributed by atoms with Crippen molar-refractivity contribution in [2.75, 3.05) is 6.54 Å². The van der Waals surface area contributed by atoms with Gasteiger partial charge < -0.3 is 9.64 Å². The van der Waals surface area contributed by atoms with Gasteiger partial charge in [0.2, 0.25) is 0 Å². The minimum Gasteiger partial charge on any atom is -0.444 e. The van der Waals surface area contributed by atoms with Crippen LogP contribution in [0.25, 0.3) is 0 Å². The number of carbonyl (C=O) groups is 1. The number of likely N-dealkylation sites (tertiary alicyclic amines) is 1. The molecular weight excluding hydrogens is 166 g/mol. The summed E-state index contributed by atoms with van der Waals surface area (Å²) >= 11 is 0. The van der Waals surface area contributed by atoms with E-state index in [-0.39, 0.29) is 11.7 Å². The fourth-order valence-corrected chi connectivity index (χ4v) is 1.36. The van der Waals surface area contributed by atoms with E-state index in [2.05, 4.69) is 13.8 Å². The Hall–Kier alpha value is -0.730. The second-order valence-electron chi connectivity index (χ2n) is 4.85. The van der Waals surface area contributed by atoms with E-state index in [0.717, 1.165) is 6.54 Å². The molecule has 3 heteroatoms. The van der Waals surface area contributed by atoms with Gasteiger partial charge >= 0.3 is 6.09 Å². The average molecular weight is 185 g/mol. The first kappa shape index (κ1) is 10.4. The summed E-state index contributed by atoms with van der Waals surface area (Å²) in [5.74, 6) is 0.604. The van der Waals surface area contributed by atoms with Crippen LogP contribution in [-0.2, 0) is 4.74 Å². The lowest BCUT2D eigenvalue weighted by Crippen LogP contribution is -2.57. The third-order valence-electron chi connectivity index (χ3n) is 2.43. The molecule has 1 rings (SSSR count). The van der Waals surface area contributed by atoms with Gasteiger partial charge in [-0.1, -0.05) is 6.92 Å². The Kier molecular flexibility index (Phi) is 2.55. The summed E-state index contributed by atoms with van der Waals surface area (Å²) in [7, 11) is 0. The molecule has 0 radical (unpaired) electrons. The average Bonchev–Trinajstić information content (AvgIpc) is 1.95. The first-order valence-electron chi connectivity index (χ1n) is 4.81. The minimum absolute atomic E-state index is 0.182. The summed E-state index contributed by atoms with van der Waals surface area (Å²) in [5, 5.41) is 0. The normalized spacial score (nSPS) is 28.2. The summed E-state index contributed by atoms with van der Waals surface area (Å²) in [6, 6.07) is 0.329. The van der Waals surface area contributed by atoms with Crippen LogP contribution in [0.15, 0.2) is 0 Å². The molecule has 0 N–H and O–H groups in total. The van der Waals surface area contributed by atoms with Gasteiger partial charge in [0.25, 0.3) is 0 Å². The number of carbonyl (C=O) groups excluding carboxylic acids is 1. The van der Waals surface area contributed by atoms with E-state index in [1.807, 2.05) is 20.8 Å². The van der Waals surface area contributed by atoms with Crippen LogP contribution >= 0.6 is 0 Å². The number of amides is 1. The lowest BCUT2D eigenvalue weighted by molar-refractivity contribution is -0.0208. The topological polar surface area (TPSA) is 29.5 Å². The zero-order valence-corrected chi connectivity index (χ0v) is 9.13. The second kappa shape index (κ2) is 3.20. The van der Waals surface area contributed by atoms with Crippen molar-refractivity contribution in [2.45, 2.75) is 46.3 Å². The predicted molar refractivity (Wildman–Crippen MR) is 51.6 cm³/mol. The van der Waals surface area contributed by atoms with Crippen molar-refractivity contribution < 1.29 is 9.53 Å². The highest BCUT2D eigenvalue weighted by atomic mass is 16.6. The van der Waals surface area contributed by atoms with E-state index < -0.39 is 0 Å². The van der Waals surface area contributed by atoms with Crippen LogP contribution in [0.1, 0.15) is 34.6 Å². The molecule has 13 heavy (non-hydrogen) atoms. The van der Waals surface area contributed by atoms with Crippen LogP contribution in [0.2, 0.25) is 0 Å². The first-order valence-corrected chi connectivity index (χ1v) is 4.81. The molecule has 2 unspecified atom stereocenters. The van der Waals surface area contributed by atoms with Gasteiger partial charge in [0.15, 0.2) is 0 Å². The Bertz CT molecular complexity index is 207. The molecule has 0 aromatic rings. The van der Waals surface area contributed by atoms with Gasteiger partial charge in [0.1, 0.15) is 5.60 Å². The molecule has 0 aliphatic carbocycles. The summed E-state index contributed by atoms with van der Waals surface area (Å²) < 4.78 is 5.25. The van der Waals surface area contributed by atoms with Crippen LogP contribution in [0.4, 0.5) is 4.79 Å². The van der Waals surface area contributed by atoms with E-state index in [1.54, 1.807) is 4.90 Å². The Balaban J connectivity index is 2.42. The van der Waals surface area contributed by atoms with Gasteiger partial charge in [0, 0.05) is 12.6 Å². The van der Waals surface area contributed by atoms with Gasteiger partial charge in [-0.05, 0) is 33.6 Å². The van der Waals surface area contributed by atoms with Crippen LogP contribution in [0.3, 0.4) is 0 Å². The van der Waals surface area contributed by atoms with E-state index in [0.29, 0.717) is 12.0 Å². The maximum atomic E-state index is 11.5. The molecule has 1 aliphatic rings. The molecule has 2 atom stereocenters. The molecule has 0 aromatic carbocycles. The number of hydrogen-bond donors (Lipinski definition) is 0. The van der Waals surface area contributed by atoms with E-state index in [1.165, 1.54) is 0 Å². The van der Waals surface area contributed by atoms with Crippen molar-refractivity contribution in [3.63, 3.8) is 0 Å². The van der Waals surface area contributed by atoms with Crippen molar-refractivity contribution in [3.8, 4) is 0 Å². The standard InChI is InChI=1S/C10H19NO2/c1-7-6-11(8(7)2)9(12)13-10(3,4)5/h7-8H,6H2,1-5H3. The maximum absolute atomic E-state index is 11.5.